The molecule has 0 saturated heterocycles. The van der Waals surface area contributed by atoms with Crippen LogP contribution in [0.2, 0.25) is 0 Å². The first kappa shape index (κ1) is 23.5. The smallest absolute Gasteiger partial charge is 0.102 e. The number of rotatable bonds is 4. The molecule has 3 saturated carbocycles. The van der Waals surface area contributed by atoms with E-state index in [1.165, 1.54) is 24.8 Å². The van der Waals surface area contributed by atoms with Crippen LogP contribution in [0.15, 0.2) is 23.8 Å². The fraction of sp³-hybridized carbons (Fsp3) is 0.857. The summed E-state index contributed by atoms with van der Waals surface area (Å²) in [6.07, 6.45) is 12.1. The molecule has 0 radical (unpaired) electrons. The van der Waals surface area contributed by atoms with Gasteiger partial charge < -0.3 is 15.3 Å². The summed E-state index contributed by atoms with van der Waals surface area (Å²) in [5.41, 5.74) is 0.160. The minimum Gasteiger partial charge on any atom is -0.393 e. The topological polar surface area (TPSA) is 60.7 Å². The average Bonchev–Trinajstić information content (AvgIpc) is 3.05. The van der Waals surface area contributed by atoms with Crippen molar-refractivity contribution in [3.63, 3.8) is 0 Å². The van der Waals surface area contributed by atoms with Gasteiger partial charge in [0.1, 0.15) is 11.7 Å². The summed E-state index contributed by atoms with van der Waals surface area (Å²) in [6.45, 7) is 14.0. The summed E-state index contributed by atoms with van der Waals surface area (Å²) >= 11 is 0. The van der Waals surface area contributed by atoms with Crippen molar-refractivity contribution in [2.45, 2.75) is 104 Å². The van der Waals surface area contributed by atoms with Crippen LogP contribution in [0.4, 0.5) is 0 Å². The van der Waals surface area contributed by atoms with Crippen molar-refractivity contribution in [1.29, 1.82) is 0 Å². The molecule has 0 aliphatic heterocycles. The van der Waals surface area contributed by atoms with E-state index in [9.17, 15) is 15.3 Å². The average molecular weight is 431 g/mol. The van der Waals surface area contributed by atoms with Crippen LogP contribution in [0.5, 0.6) is 0 Å². The number of hydrogen-bond donors (Lipinski definition) is 3. The third-order valence-electron chi connectivity index (χ3n) is 10.7. The van der Waals surface area contributed by atoms with E-state index in [4.69, 9.17) is 0 Å². The van der Waals surface area contributed by atoms with Crippen molar-refractivity contribution in [2.24, 2.45) is 46.3 Å². The Morgan fingerprint density at radius 3 is 2.32 bits per heavy atom. The molecule has 176 valence electrons. The lowest BCUT2D eigenvalue weighted by molar-refractivity contribution is -0.210. The zero-order chi connectivity index (χ0) is 22.8. The third-order valence-corrected chi connectivity index (χ3v) is 10.7. The molecule has 0 heterocycles. The lowest BCUT2D eigenvalue weighted by atomic mass is 9.45. The Balaban J connectivity index is 1.61. The molecular formula is C28H46O3. The van der Waals surface area contributed by atoms with Gasteiger partial charge in [-0.25, -0.2) is 0 Å². The highest BCUT2D eigenvalue weighted by atomic mass is 16.3. The fourth-order valence-corrected chi connectivity index (χ4v) is 8.16. The van der Waals surface area contributed by atoms with Gasteiger partial charge in [-0.15, -0.1) is 0 Å². The molecule has 3 fully saturated rings. The third kappa shape index (κ3) is 3.49. The summed E-state index contributed by atoms with van der Waals surface area (Å²) in [6, 6.07) is 0. The molecule has 0 aromatic carbocycles. The van der Waals surface area contributed by atoms with Gasteiger partial charge in [-0.05, 0) is 79.4 Å². The maximum atomic E-state index is 11.6. The van der Waals surface area contributed by atoms with Gasteiger partial charge >= 0.3 is 0 Å². The van der Waals surface area contributed by atoms with Crippen molar-refractivity contribution in [3.8, 4) is 0 Å². The van der Waals surface area contributed by atoms with Gasteiger partial charge in [-0.1, -0.05) is 65.3 Å². The lowest BCUT2D eigenvalue weighted by Crippen LogP contribution is -2.65. The first-order chi connectivity index (χ1) is 14.4. The van der Waals surface area contributed by atoms with Gasteiger partial charge in [0, 0.05) is 11.8 Å². The van der Waals surface area contributed by atoms with E-state index in [1.807, 2.05) is 6.08 Å². The molecule has 4 aliphatic carbocycles. The van der Waals surface area contributed by atoms with Gasteiger partial charge in [0.25, 0.3) is 0 Å². The SMILES string of the molecule is CC(C)[C@@H](C)/C=C/[C@@H](C)[C@@H]1CC[C@@H]2C3=C[C@H](O)[C@]4(O)C[C@@H](O)CC[C@@]4(C)[C@H]3CC[C@]21C. The highest BCUT2D eigenvalue weighted by Gasteiger charge is 2.64. The molecule has 0 aromatic heterocycles. The predicted octanol–water partition coefficient (Wildman–Crippen LogP) is 5.50. The van der Waals surface area contributed by atoms with Crippen molar-refractivity contribution in [2.75, 3.05) is 0 Å². The van der Waals surface area contributed by atoms with Crippen LogP contribution >= 0.6 is 0 Å². The van der Waals surface area contributed by atoms with Crippen molar-refractivity contribution in [1.82, 2.24) is 0 Å². The summed E-state index contributed by atoms with van der Waals surface area (Å²) in [5, 5.41) is 32.9. The van der Waals surface area contributed by atoms with E-state index in [1.54, 1.807) is 0 Å². The monoisotopic (exact) mass is 430 g/mol. The Morgan fingerprint density at radius 2 is 1.65 bits per heavy atom. The molecule has 0 spiro atoms. The van der Waals surface area contributed by atoms with Gasteiger partial charge in [-0.2, -0.15) is 0 Å². The number of hydrogen-bond acceptors (Lipinski definition) is 3. The molecule has 10 atom stereocenters. The summed E-state index contributed by atoms with van der Waals surface area (Å²) < 4.78 is 0. The van der Waals surface area contributed by atoms with Crippen LogP contribution in [-0.2, 0) is 0 Å². The Bertz CT molecular complexity index is 741. The van der Waals surface area contributed by atoms with E-state index in [2.05, 4.69) is 53.7 Å². The molecule has 31 heavy (non-hydrogen) atoms. The van der Waals surface area contributed by atoms with E-state index in [0.717, 1.165) is 19.3 Å². The maximum Gasteiger partial charge on any atom is 0.102 e. The van der Waals surface area contributed by atoms with Crippen LogP contribution in [0.25, 0.3) is 0 Å². The van der Waals surface area contributed by atoms with Crippen molar-refractivity contribution in [3.05, 3.63) is 23.8 Å². The largest absolute Gasteiger partial charge is 0.393 e. The molecule has 3 N–H and O–H groups in total. The summed E-state index contributed by atoms with van der Waals surface area (Å²) in [7, 11) is 0. The highest BCUT2D eigenvalue weighted by molar-refractivity contribution is 5.33. The normalized spacial score (nSPS) is 49.4. The molecular weight excluding hydrogens is 384 g/mol. The first-order valence-corrected chi connectivity index (χ1v) is 12.9. The van der Waals surface area contributed by atoms with Crippen LogP contribution in [-0.4, -0.2) is 33.1 Å². The number of aliphatic hydroxyl groups excluding tert-OH is 2. The van der Waals surface area contributed by atoms with Gasteiger partial charge in [-0.3, -0.25) is 0 Å². The van der Waals surface area contributed by atoms with Crippen LogP contribution < -0.4 is 0 Å². The van der Waals surface area contributed by atoms with Crippen LogP contribution in [0, 0.1) is 46.3 Å². The highest BCUT2D eigenvalue weighted by Crippen LogP contribution is 2.67. The van der Waals surface area contributed by atoms with Gasteiger partial charge in [0.05, 0.1) is 6.10 Å². The number of allylic oxidation sites excluding steroid dienone is 3. The van der Waals surface area contributed by atoms with Gasteiger partial charge in [0.15, 0.2) is 0 Å². The first-order valence-electron chi connectivity index (χ1n) is 12.9. The standard InChI is InChI=1S/C28H46O3/c1-17(2)18(3)7-8-19(4)22-9-10-23-21-15-25(30)28(31)16-20(29)11-14-27(28,6)24(21)12-13-26(22,23)5/h7-8,15,17-20,22-25,29-31H,9-14,16H2,1-6H3/b8-7+/t18-,19+,20-,22-,23+,24-,25-,26-,27-,28+/m0/s1. The van der Waals surface area contributed by atoms with E-state index in [-0.39, 0.29) is 10.8 Å². The second-order valence-electron chi connectivity index (χ2n) is 12.5. The zero-order valence-corrected chi connectivity index (χ0v) is 20.6. The quantitative estimate of drug-likeness (QED) is 0.516. The number of aliphatic hydroxyl groups is 3. The molecule has 4 rings (SSSR count). The van der Waals surface area contributed by atoms with E-state index >= 15 is 0 Å². The lowest BCUT2D eigenvalue weighted by Gasteiger charge is -2.62. The molecule has 4 aliphatic rings. The Morgan fingerprint density at radius 1 is 0.935 bits per heavy atom. The molecule has 3 nitrogen and oxygen atoms in total. The van der Waals surface area contributed by atoms with Crippen molar-refractivity contribution < 1.29 is 15.3 Å². The minimum absolute atomic E-state index is 0.271. The van der Waals surface area contributed by atoms with Crippen LogP contribution in [0.3, 0.4) is 0 Å². The molecule has 0 bridgehead atoms. The predicted molar refractivity (Wildman–Crippen MR) is 126 cm³/mol. The van der Waals surface area contributed by atoms with E-state index < -0.39 is 17.8 Å². The Hall–Kier alpha value is -0.640. The zero-order valence-electron chi connectivity index (χ0n) is 20.6. The summed E-state index contributed by atoms with van der Waals surface area (Å²) in [5.74, 6) is 3.37. The summed E-state index contributed by atoms with van der Waals surface area (Å²) in [4.78, 5) is 0. The Labute approximate surface area is 190 Å². The minimum atomic E-state index is -1.20. The van der Waals surface area contributed by atoms with Gasteiger partial charge in [0.2, 0.25) is 0 Å². The second kappa shape index (κ2) is 7.99. The maximum absolute atomic E-state index is 11.6. The van der Waals surface area contributed by atoms with Crippen molar-refractivity contribution >= 4 is 0 Å². The molecule has 3 heteroatoms. The molecule has 0 amide bonds. The fourth-order valence-electron chi connectivity index (χ4n) is 8.16. The molecule has 0 unspecified atom stereocenters. The van der Waals surface area contributed by atoms with Crippen LogP contribution in [0.1, 0.15) is 86.5 Å². The second-order valence-corrected chi connectivity index (χ2v) is 12.5. The number of fused-ring (bicyclic) bond motifs is 5. The van der Waals surface area contributed by atoms with E-state index in [0.29, 0.717) is 41.9 Å². The molecule has 0 aromatic rings. The Kier molecular flexibility index (Phi) is 6.06.